The summed E-state index contributed by atoms with van der Waals surface area (Å²) in [6.45, 7) is 4.23. The van der Waals surface area contributed by atoms with Crippen molar-refractivity contribution in [3.8, 4) is 28.7 Å². The first-order valence-electron chi connectivity index (χ1n) is 13.9. The number of hydrogen-bond acceptors (Lipinski definition) is 9. The average molecular weight is 683 g/mol. The minimum absolute atomic E-state index is 0.193. The fourth-order valence-corrected chi connectivity index (χ4v) is 4.84. The van der Waals surface area contributed by atoms with Crippen LogP contribution in [0.25, 0.3) is 6.08 Å². The Balaban J connectivity index is 1.55. The van der Waals surface area contributed by atoms with Gasteiger partial charge in [-0.2, -0.15) is 0 Å². The third-order valence-corrected chi connectivity index (χ3v) is 6.92. The number of benzene rings is 3. The zero-order chi connectivity index (χ0) is 32.5. The second-order valence-electron chi connectivity index (χ2n) is 9.47. The Bertz CT molecular complexity index is 1620. The molecule has 0 aliphatic carbocycles. The van der Waals surface area contributed by atoms with Gasteiger partial charge in [-0.25, -0.2) is 9.69 Å². The molecule has 0 radical (unpaired) electrons. The number of hydrogen-bond donors (Lipinski definition) is 2. The molecule has 2 N–H and O–H groups in total. The number of urea groups is 1. The number of amides is 5. The molecule has 1 aliphatic heterocycles. The number of imide groups is 2. The molecular formula is C32H32BrN3O9. The third-order valence-electron chi connectivity index (χ3n) is 6.33. The van der Waals surface area contributed by atoms with E-state index in [0.29, 0.717) is 46.2 Å². The summed E-state index contributed by atoms with van der Waals surface area (Å²) < 4.78 is 28.1. The fraction of sp³-hybridized carbons (Fsp3) is 0.250. The van der Waals surface area contributed by atoms with Crippen LogP contribution in [-0.2, 0) is 14.4 Å². The molecule has 0 unspecified atom stereocenters. The van der Waals surface area contributed by atoms with Gasteiger partial charge in [-0.15, -0.1) is 0 Å². The van der Waals surface area contributed by atoms with Crippen LogP contribution in [0.1, 0.15) is 25.8 Å². The summed E-state index contributed by atoms with van der Waals surface area (Å²) >= 11 is 3.42. The second-order valence-corrected chi connectivity index (χ2v) is 10.3. The van der Waals surface area contributed by atoms with Gasteiger partial charge in [0, 0.05) is 11.8 Å². The number of carbonyl (C=O) groups excluding carboxylic acids is 4. The van der Waals surface area contributed by atoms with Crippen molar-refractivity contribution < 1.29 is 42.9 Å². The number of methoxy groups -OCH3 is 2. The maximum absolute atomic E-state index is 13.5. The molecule has 0 bridgehead atoms. The molecule has 13 heteroatoms. The number of halogens is 1. The number of barbiturate groups is 1. The van der Waals surface area contributed by atoms with Gasteiger partial charge in [0.15, 0.2) is 29.6 Å². The van der Waals surface area contributed by atoms with Crippen LogP contribution < -0.4 is 39.2 Å². The zero-order valence-corrected chi connectivity index (χ0v) is 26.7. The summed E-state index contributed by atoms with van der Waals surface area (Å²) in [7, 11) is 2.96. The molecule has 3 aromatic rings. The van der Waals surface area contributed by atoms with E-state index in [0.717, 1.165) is 11.3 Å². The van der Waals surface area contributed by atoms with E-state index in [1.54, 1.807) is 50.4 Å². The standard InChI is InChI=1S/C32H32BrN3O9/c1-5-13-44-25-12-9-21(17-26(25)43-6-2)36-31(39)23(30(38)35-32(36)40)14-19-15-24(33)29(27(16-19)42-4)45-18-28(37)34-20-7-10-22(41-3)11-8-20/h7-12,14-17H,5-6,13,18H2,1-4H3,(H,34,37)(H,35,38,40)/b23-14+. The van der Waals surface area contributed by atoms with E-state index in [2.05, 4.69) is 26.6 Å². The zero-order valence-electron chi connectivity index (χ0n) is 25.1. The summed E-state index contributed by atoms with van der Waals surface area (Å²) in [5.41, 5.74) is 0.856. The lowest BCUT2D eigenvalue weighted by Gasteiger charge is -2.27. The molecule has 12 nitrogen and oxygen atoms in total. The highest BCUT2D eigenvalue weighted by molar-refractivity contribution is 9.10. The van der Waals surface area contributed by atoms with Crippen molar-refractivity contribution in [2.24, 2.45) is 0 Å². The van der Waals surface area contributed by atoms with Gasteiger partial charge in [-0.1, -0.05) is 6.92 Å². The number of nitrogens with zero attached hydrogens (tertiary/aromatic N) is 1. The monoisotopic (exact) mass is 681 g/mol. The first-order valence-corrected chi connectivity index (χ1v) is 14.7. The lowest BCUT2D eigenvalue weighted by Crippen LogP contribution is -2.54. The summed E-state index contributed by atoms with van der Waals surface area (Å²) in [5, 5.41) is 4.94. The van der Waals surface area contributed by atoms with Crippen LogP contribution in [0.2, 0.25) is 0 Å². The number of carbonyl (C=O) groups is 4. The van der Waals surface area contributed by atoms with Crippen molar-refractivity contribution in [3.63, 3.8) is 0 Å². The Morgan fingerprint density at radius 3 is 2.33 bits per heavy atom. The van der Waals surface area contributed by atoms with Gasteiger partial charge >= 0.3 is 6.03 Å². The van der Waals surface area contributed by atoms with Gasteiger partial charge < -0.3 is 29.0 Å². The first kappa shape index (κ1) is 32.9. The first-order chi connectivity index (χ1) is 21.7. The Labute approximate surface area is 268 Å². The van der Waals surface area contributed by atoms with Crippen molar-refractivity contribution in [1.29, 1.82) is 0 Å². The predicted octanol–water partition coefficient (Wildman–Crippen LogP) is 5.34. The highest BCUT2D eigenvalue weighted by Gasteiger charge is 2.37. The lowest BCUT2D eigenvalue weighted by atomic mass is 10.1. The van der Waals surface area contributed by atoms with Crippen molar-refractivity contribution >= 4 is 57.1 Å². The van der Waals surface area contributed by atoms with Gasteiger partial charge in [-0.05, 0) is 89.4 Å². The van der Waals surface area contributed by atoms with Crippen LogP contribution in [0.15, 0.2) is 64.6 Å². The average Bonchev–Trinajstić information content (AvgIpc) is 3.02. The van der Waals surface area contributed by atoms with Crippen LogP contribution in [0, 0.1) is 0 Å². The van der Waals surface area contributed by atoms with E-state index >= 15 is 0 Å². The summed E-state index contributed by atoms with van der Waals surface area (Å²) in [6, 6.07) is 13.7. The van der Waals surface area contributed by atoms with E-state index in [1.165, 1.54) is 31.4 Å². The maximum atomic E-state index is 13.5. The van der Waals surface area contributed by atoms with E-state index in [4.69, 9.17) is 23.7 Å². The van der Waals surface area contributed by atoms with Gasteiger partial charge in [0.25, 0.3) is 17.7 Å². The molecular weight excluding hydrogens is 650 g/mol. The summed E-state index contributed by atoms with van der Waals surface area (Å²) in [6.07, 6.45) is 2.11. The second kappa shape index (κ2) is 15.1. The lowest BCUT2D eigenvalue weighted by molar-refractivity contribution is -0.122. The van der Waals surface area contributed by atoms with Gasteiger partial charge in [0.2, 0.25) is 0 Å². The van der Waals surface area contributed by atoms with Crippen molar-refractivity contribution in [2.75, 3.05) is 44.3 Å². The Hall–Kier alpha value is -5.04. The number of nitrogens with one attached hydrogen (secondary N) is 2. The van der Waals surface area contributed by atoms with Gasteiger partial charge in [-0.3, -0.25) is 19.7 Å². The predicted molar refractivity (Wildman–Crippen MR) is 170 cm³/mol. The minimum atomic E-state index is -0.901. The van der Waals surface area contributed by atoms with Crippen LogP contribution in [0.5, 0.6) is 28.7 Å². The van der Waals surface area contributed by atoms with Crippen LogP contribution >= 0.6 is 15.9 Å². The van der Waals surface area contributed by atoms with E-state index in [1.807, 2.05) is 6.92 Å². The number of ether oxygens (including phenoxy) is 5. The van der Waals surface area contributed by atoms with Crippen molar-refractivity contribution in [3.05, 3.63) is 70.2 Å². The van der Waals surface area contributed by atoms with Crippen LogP contribution in [-0.4, -0.2) is 57.8 Å². The molecule has 1 fully saturated rings. The Morgan fingerprint density at radius 1 is 0.911 bits per heavy atom. The fourth-order valence-electron chi connectivity index (χ4n) is 4.27. The smallest absolute Gasteiger partial charge is 0.335 e. The van der Waals surface area contributed by atoms with Crippen molar-refractivity contribution in [1.82, 2.24) is 5.32 Å². The quantitative estimate of drug-likeness (QED) is 0.181. The van der Waals surface area contributed by atoms with E-state index in [9.17, 15) is 19.2 Å². The molecule has 1 saturated heterocycles. The molecule has 45 heavy (non-hydrogen) atoms. The third kappa shape index (κ3) is 7.92. The SMILES string of the molecule is CCCOc1ccc(N2C(=O)NC(=O)/C(=C\c3cc(Br)c(OCC(=O)Nc4ccc(OC)cc4)c(OC)c3)C2=O)cc1OCC. The normalized spacial score (nSPS) is 13.8. The largest absolute Gasteiger partial charge is 0.497 e. The summed E-state index contributed by atoms with van der Waals surface area (Å²) in [4.78, 5) is 52.5. The van der Waals surface area contributed by atoms with Crippen LogP contribution in [0.4, 0.5) is 16.2 Å². The molecule has 3 aromatic carbocycles. The van der Waals surface area contributed by atoms with Gasteiger partial charge in [0.05, 0.1) is 37.6 Å². The Morgan fingerprint density at radius 2 is 1.67 bits per heavy atom. The maximum Gasteiger partial charge on any atom is 0.335 e. The minimum Gasteiger partial charge on any atom is -0.497 e. The van der Waals surface area contributed by atoms with E-state index in [-0.39, 0.29) is 29.4 Å². The highest BCUT2D eigenvalue weighted by Crippen LogP contribution is 2.38. The molecule has 236 valence electrons. The molecule has 1 aliphatic rings. The van der Waals surface area contributed by atoms with E-state index < -0.39 is 23.8 Å². The van der Waals surface area contributed by atoms with Gasteiger partial charge in [0.1, 0.15) is 11.3 Å². The highest BCUT2D eigenvalue weighted by atomic mass is 79.9. The molecule has 1 heterocycles. The number of rotatable bonds is 13. The molecule has 0 saturated carbocycles. The Kier molecular flexibility index (Phi) is 11.0. The van der Waals surface area contributed by atoms with Crippen LogP contribution in [0.3, 0.4) is 0 Å². The molecule has 0 aromatic heterocycles. The molecule has 4 rings (SSSR count). The van der Waals surface area contributed by atoms with Crippen molar-refractivity contribution in [2.45, 2.75) is 20.3 Å². The molecule has 0 spiro atoms. The number of anilines is 2. The topological polar surface area (TPSA) is 142 Å². The summed E-state index contributed by atoms with van der Waals surface area (Å²) in [5.74, 6) is -0.165. The molecule has 5 amide bonds. The molecule has 0 atom stereocenters.